The highest BCUT2D eigenvalue weighted by atomic mass is 14.2. The molecule has 0 heteroatoms. The molecule has 0 nitrogen and oxygen atoms in total. The average molecular weight is 141 g/mol. The first-order valence-corrected chi connectivity index (χ1v) is 4.35. The van der Waals surface area contributed by atoms with Crippen molar-refractivity contribution in [3.8, 4) is 0 Å². The molecular weight excluding hydrogens is 120 g/mol. The standard InChI is InChI=1S/C10H21/c1-6-9(7-2)8-10(3,4)5/h9H,3,6-8H2,1-2,4-5H3. The van der Waals surface area contributed by atoms with Gasteiger partial charge < -0.3 is 0 Å². The van der Waals surface area contributed by atoms with Crippen LogP contribution in [0.25, 0.3) is 0 Å². The highest BCUT2D eigenvalue weighted by molar-refractivity contribution is 4.74. The van der Waals surface area contributed by atoms with Crippen LogP contribution >= 0.6 is 0 Å². The van der Waals surface area contributed by atoms with Gasteiger partial charge >= 0.3 is 0 Å². The van der Waals surface area contributed by atoms with Gasteiger partial charge in [-0.15, -0.1) is 0 Å². The largest absolute Gasteiger partial charge is 0.0651 e. The van der Waals surface area contributed by atoms with Gasteiger partial charge in [-0.25, -0.2) is 0 Å². The topological polar surface area (TPSA) is 0 Å². The van der Waals surface area contributed by atoms with E-state index in [-0.39, 0.29) is 5.41 Å². The molecule has 0 N–H and O–H groups in total. The lowest BCUT2D eigenvalue weighted by molar-refractivity contribution is 0.314. The van der Waals surface area contributed by atoms with Crippen molar-refractivity contribution >= 4 is 0 Å². The summed E-state index contributed by atoms with van der Waals surface area (Å²) in [6.45, 7) is 13.1. The molecule has 0 bridgehead atoms. The van der Waals surface area contributed by atoms with Gasteiger partial charge in [0.15, 0.2) is 0 Å². The molecule has 0 atom stereocenters. The SMILES string of the molecule is [CH2]C(C)(C)CC(CC)CC. The second-order valence-corrected chi connectivity index (χ2v) is 4.05. The fraction of sp³-hybridized carbons (Fsp3) is 0.900. The van der Waals surface area contributed by atoms with Crippen molar-refractivity contribution in [2.45, 2.75) is 47.0 Å². The van der Waals surface area contributed by atoms with E-state index < -0.39 is 0 Å². The molecule has 0 aromatic rings. The van der Waals surface area contributed by atoms with Crippen molar-refractivity contribution in [3.63, 3.8) is 0 Å². The summed E-state index contributed by atoms with van der Waals surface area (Å²) in [6, 6.07) is 0. The molecule has 0 saturated carbocycles. The first-order chi connectivity index (χ1) is 4.49. The highest BCUT2D eigenvalue weighted by Crippen LogP contribution is 2.27. The number of rotatable bonds is 4. The van der Waals surface area contributed by atoms with Gasteiger partial charge in [0.1, 0.15) is 0 Å². The van der Waals surface area contributed by atoms with E-state index in [1.54, 1.807) is 0 Å². The van der Waals surface area contributed by atoms with Gasteiger partial charge in [-0.05, 0) is 24.7 Å². The minimum atomic E-state index is 0.274. The van der Waals surface area contributed by atoms with Crippen LogP contribution < -0.4 is 0 Å². The second kappa shape index (κ2) is 4.00. The van der Waals surface area contributed by atoms with Crippen molar-refractivity contribution in [1.29, 1.82) is 0 Å². The molecule has 0 aromatic heterocycles. The predicted molar refractivity (Wildman–Crippen MR) is 47.8 cm³/mol. The Morgan fingerprint density at radius 1 is 1.20 bits per heavy atom. The van der Waals surface area contributed by atoms with Crippen LogP contribution in [-0.4, -0.2) is 0 Å². The summed E-state index contributed by atoms with van der Waals surface area (Å²) in [6.07, 6.45) is 3.87. The number of hydrogen-bond donors (Lipinski definition) is 0. The zero-order chi connectivity index (χ0) is 8.20. The Hall–Kier alpha value is 0. The van der Waals surface area contributed by atoms with Crippen molar-refractivity contribution in [2.75, 3.05) is 0 Å². The summed E-state index contributed by atoms with van der Waals surface area (Å²) in [5.41, 5.74) is 0.274. The van der Waals surface area contributed by atoms with E-state index in [0.717, 1.165) is 5.92 Å². The molecule has 0 aliphatic carbocycles. The molecule has 0 aliphatic heterocycles. The molecule has 0 spiro atoms. The zero-order valence-electron chi connectivity index (χ0n) is 7.91. The van der Waals surface area contributed by atoms with Crippen LogP contribution in [-0.2, 0) is 0 Å². The van der Waals surface area contributed by atoms with E-state index in [2.05, 4.69) is 34.6 Å². The molecule has 0 unspecified atom stereocenters. The Bertz CT molecular complexity index is 72.5. The lowest BCUT2D eigenvalue weighted by Crippen LogP contribution is -2.12. The molecule has 0 amide bonds. The van der Waals surface area contributed by atoms with Crippen LogP contribution in [0.4, 0.5) is 0 Å². The minimum absolute atomic E-state index is 0.274. The van der Waals surface area contributed by atoms with Gasteiger partial charge in [-0.2, -0.15) is 0 Å². The maximum Gasteiger partial charge on any atom is -0.0351 e. The lowest BCUT2D eigenvalue weighted by Gasteiger charge is -2.23. The predicted octanol–water partition coefficient (Wildman–Crippen LogP) is 3.67. The number of hydrogen-bond acceptors (Lipinski definition) is 0. The van der Waals surface area contributed by atoms with E-state index in [1.807, 2.05) is 0 Å². The molecule has 0 rings (SSSR count). The normalized spacial score (nSPS) is 12.6. The molecule has 0 fully saturated rings. The van der Waals surface area contributed by atoms with Gasteiger partial charge in [0.05, 0.1) is 0 Å². The smallest absolute Gasteiger partial charge is 0.0351 e. The van der Waals surface area contributed by atoms with Crippen LogP contribution in [0, 0.1) is 18.3 Å². The molecule has 0 heterocycles. The minimum Gasteiger partial charge on any atom is -0.0651 e. The molecular formula is C10H21. The third-order valence-electron chi connectivity index (χ3n) is 2.00. The first-order valence-electron chi connectivity index (χ1n) is 4.35. The average Bonchev–Trinajstić information content (AvgIpc) is 1.81. The van der Waals surface area contributed by atoms with Gasteiger partial charge in [0, 0.05) is 0 Å². The monoisotopic (exact) mass is 141 g/mol. The Morgan fingerprint density at radius 3 is 1.70 bits per heavy atom. The van der Waals surface area contributed by atoms with Gasteiger partial charge in [0.25, 0.3) is 0 Å². The van der Waals surface area contributed by atoms with Crippen molar-refractivity contribution in [2.24, 2.45) is 11.3 Å². The van der Waals surface area contributed by atoms with E-state index in [9.17, 15) is 0 Å². The molecule has 0 saturated heterocycles. The van der Waals surface area contributed by atoms with Crippen molar-refractivity contribution < 1.29 is 0 Å². The third-order valence-corrected chi connectivity index (χ3v) is 2.00. The molecule has 61 valence electrons. The zero-order valence-corrected chi connectivity index (χ0v) is 7.91. The summed E-state index contributed by atoms with van der Waals surface area (Å²) >= 11 is 0. The molecule has 1 radical (unpaired) electrons. The van der Waals surface area contributed by atoms with E-state index in [4.69, 9.17) is 0 Å². The fourth-order valence-electron chi connectivity index (χ4n) is 1.36. The Morgan fingerprint density at radius 2 is 1.60 bits per heavy atom. The van der Waals surface area contributed by atoms with Crippen LogP contribution in [0.1, 0.15) is 47.0 Å². The first kappa shape index (κ1) is 10.0. The van der Waals surface area contributed by atoms with Crippen LogP contribution in [0.5, 0.6) is 0 Å². The van der Waals surface area contributed by atoms with Gasteiger partial charge in [-0.1, -0.05) is 40.5 Å². The Kier molecular flexibility index (Phi) is 4.00. The van der Waals surface area contributed by atoms with E-state index in [1.165, 1.54) is 19.3 Å². The van der Waals surface area contributed by atoms with Gasteiger partial charge in [-0.3, -0.25) is 0 Å². The maximum absolute atomic E-state index is 4.11. The van der Waals surface area contributed by atoms with Crippen LogP contribution in [0.2, 0.25) is 0 Å². The Labute approximate surface area is 66.0 Å². The second-order valence-electron chi connectivity index (χ2n) is 4.05. The molecule has 0 aliphatic rings. The quantitative estimate of drug-likeness (QED) is 0.560. The van der Waals surface area contributed by atoms with Crippen LogP contribution in [0.15, 0.2) is 0 Å². The third kappa shape index (κ3) is 4.84. The van der Waals surface area contributed by atoms with Gasteiger partial charge in [0.2, 0.25) is 0 Å². The van der Waals surface area contributed by atoms with E-state index in [0.29, 0.717) is 0 Å². The maximum atomic E-state index is 4.11. The van der Waals surface area contributed by atoms with E-state index >= 15 is 0 Å². The summed E-state index contributed by atoms with van der Waals surface area (Å²) in [4.78, 5) is 0. The summed E-state index contributed by atoms with van der Waals surface area (Å²) in [7, 11) is 0. The Balaban J connectivity index is 3.63. The fourth-order valence-corrected chi connectivity index (χ4v) is 1.36. The molecule has 0 aromatic carbocycles. The van der Waals surface area contributed by atoms with Crippen LogP contribution in [0.3, 0.4) is 0 Å². The summed E-state index contributed by atoms with van der Waals surface area (Å²) < 4.78 is 0. The summed E-state index contributed by atoms with van der Waals surface area (Å²) in [5, 5.41) is 0. The lowest BCUT2D eigenvalue weighted by atomic mass is 9.82. The molecule has 10 heavy (non-hydrogen) atoms. The van der Waals surface area contributed by atoms with Crippen molar-refractivity contribution in [1.82, 2.24) is 0 Å². The van der Waals surface area contributed by atoms with Crippen molar-refractivity contribution in [3.05, 3.63) is 6.92 Å². The summed E-state index contributed by atoms with van der Waals surface area (Å²) in [5.74, 6) is 0.882. The highest BCUT2D eigenvalue weighted by Gasteiger charge is 2.15.